The van der Waals surface area contributed by atoms with Gasteiger partial charge in [-0.15, -0.1) is 0 Å². The second kappa shape index (κ2) is 11.7. The molecule has 1 fully saturated rings. The first kappa shape index (κ1) is 30.4. The highest BCUT2D eigenvalue weighted by molar-refractivity contribution is 7.09. The second-order valence-electron chi connectivity index (χ2n) is 12.5. The molecule has 234 valence electrons. The van der Waals surface area contributed by atoms with Crippen LogP contribution in [-0.2, 0) is 27.7 Å². The van der Waals surface area contributed by atoms with E-state index in [4.69, 9.17) is 24.2 Å². The number of aromatic nitrogens is 4. The Balaban J connectivity index is 1.57. The summed E-state index contributed by atoms with van der Waals surface area (Å²) in [5.74, 6) is -0.783. The molecule has 10 nitrogen and oxygen atoms in total. The molecule has 6 rings (SSSR count). The average Bonchev–Trinajstić information content (AvgIpc) is 3.57. The molecule has 0 bridgehead atoms. The summed E-state index contributed by atoms with van der Waals surface area (Å²) >= 11 is 1.28. The monoisotopic (exact) mass is 623 g/mol. The van der Waals surface area contributed by atoms with Crippen LogP contribution in [0.1, 0.15) is 68.5 Å². The predicted molar refractivity (Wildman–Crippen MR) is 167 cm³/mol. The van der Waals surface area contributed by atoms with Crippen LogP contribution in [0.4, 0.5) is 10.3 Å². The number of pyridine rings is 1. The molecule has 12 heteroatoms. The van der Waals surface area contributed by atoms with Gasteiger partial charge in [-0.05, 0) is 95.1 Å². The molecule has 44 heavy (non-hydrogen) atoms. The van der Waals surface area contributed by atoms with Crippen molar-refractivity contribution in [1.29, 1.82) is 0 Å². The van der Waals surface area contributed by atoms with Crippen molar-refractivity contribution in [3.63, 3.8) is 0 Å². The summed E-state index contributed by atoms with van der Waals surface area (Å²) in [5.41, 5.74) is 4.34. The zero-order chi connectivity index (χ0) is 31.3. The lowest BCUT2D eigenvalue weighted by Crippen LogP contribution is -2.28. The number of aliphatic carboxylic acids is 1. The number of nitrogens with one attached hydrogen (secondary N) is 1. The molecule has 2 N–H and O–H groups in total. The first-order valence-corrected chi connectivity index (χ1v) is 15.7. The minimum atomic E-state index is -1.34. The van der Waals surface area contributed by atoms with Gasteiger partial charge in [-0.1, -0.05) is 0 Å². The smallest absolute Gasteiger partial charge is 0.337 e. The molecule has 1 saturated heterocycles. The topological polar surface area (TPSA) is 121 Å². The van der Waals surface area contributed by atoms with E-state index in [2.05, 4.69) is 9.69 Å². The van der Waals surface area contributed by atoms with E-state index in [1.165, 1.54) is 17.6 Å². The standard InChI is InChI=1S/C32H38FN5O5S/c1-16-19-8-7-11-42-26(19)22(33)14-20(16)25-21-15-23(29-36-31(37-44-29)35-18-9-12-41-13-10-18)38(6)28(21)34-17(2)24(25)27(30(39)40)43-32(3,4)5/h14-15,18,27H,7-13H2,1-6H3,(H,35,37)(H,39,40)/t27-/m0/s1. The zero-order valence-corrected chi connectivity index (χ0v) is 26.7. The Kier molecular flexibility index (Phi) is 8.10. The molecule has 0 saturated carbocycles. The van der Waals surface area contributed by atoms with Gasteiger partial charge in [0.15, 0.2) is 22.7 Å². The van der Waals surface area contributed by atoms with Crippen LogP contribution in [0.25, 0.3) is 32.9 Å². The highest BCUT2D eigenvalue weighted by Gasteiger charge is 2.34. The number of benzene rings is 1. The summed E-state index contributed by atoms with van der Waals surface area (Å²) in [6.07, 6.45) is 1.89. The van der Waals surface area contributed by atoms with Crippen molar-refractivity contribution < 1.29 is 28.5 Å². The van der Waals surface area contributed by atoms with Crippen molar-refractivity contribution in [2.75, 3.05) is 25.1 Å². The number of fused-ring (bicyclic) bond motifs is 2. The number of halogens is 1. The maximum Gasteiger partial charge on any atom is 0.337 e. The average molecular weight is 624 g/mol. The van der Waals surface area contributed by atoms with E-state index >= 15 is 4.39 Å². The van der Waals surface area contributed by atoms with Crippen molar-refractivity contribution in [2.45, 2.75) is 78.0 Å². The largest absolute Gasteiger partial charge is 0.490 e. The van der Waals surface area contributed by atoms with E-state index in [-0.39, 0.29) is 11.8 Å². The Morgan fingerprint density at radius 3 is 2.66 bits per heavy atom. The fraction of sp³-hybridized carbons (Fsp3) is 0.500. The zero-order valence-electron chi connectivity index (χ0n) is 25.9. The Bertz CT molecular complexity index is 1740. The van der Waals surface area contributed by atoms with Crippen LogP contribution in [0.5, 0.6) is 5.75 Å². The SMILES string of the molecule is Cc1nc2c(cc(-c3nc(NC4CCOCC4)ns3)n2C)c(-c2cc(F)c3c(c2C)CCCO3)c1[C@H](OC(C)(C)C)C(=O)O. The van der Waals surface area contributed by atoms with Gasteiger partial charge >= 0.3 is 5.97 Å². The summed E-state index contributed by atoms with van der Waals surface area (Å²) < 4.78 is 39.5. The lowest BCUT2D eigenvalue weighted by atomic mass is 9.86. The van der Waals surface area contributed by atoms with Gasteiger partial charge < -0.3 is 29.2 Å². The highest BCUT2D eigenvalue weighted by atomic mass is 32.1. The number of aryl methyl sites for hydroxylation is 2. The third-order valence-electron chi connectivity index (χ3n) is 8.27. The number of carbonyl (C=O) groups is 1. The van der Waals surface area contributed by atoms with Crippen LogP contribution in [0.3, 0.4) is 0 Å². The van der Waals surface area contributed by atoms with Crippen molar-refractivity contribution >= 4 is 34.5 Å². The first-order valence-electron chi connectivity index (χ1n) is 15.0. The van der Waals surface area contributed by atoms with Gasteiger partial charge in [0.1, 0.15) is 5.65 Å². The quantitative estimate of drug-likeness (QED) is 0.242. The number of anilines is 1. The molecule has 0 spiro atoms. The summed E-state index contributed by atoms with van der Waals surface area (Å²) in [5, 5.41) is 15.3. The van der Waals surface area contributed by atoms with Gasteiger partial charge in [0.05, 0.1) is 17.9 Å². The fourth-order valence-electron chi connectivity index (χ4n) is 6.19. The third-order valence-corrected chi connectivity index (χ3v) is 9.00. The Morgan fingerprint density at radius 1 is 1.20 bits per heavy atom. The fourth-order valence-corrected chi connectivity index (χ4v) is 6.87. The Hall–Kier alpha value is -3.61. The number of nitrogens with zero attached hydrogens (tertiary/aromatic N) is 4. The molecule has 2 aliphatic rings. The molecule has 0 amide bonds. The van der Waals surface area contributed by atoms with Crippen molar-refractivity contribution in [1.82, 2.24) is 18.9 Å². The minimum Gasteiger partial charge on any atom is -0.490 e. The van der Waals surface area contributed by atoms with Gasteiger partial charge in [0.2, 0.25) is 5.95 Å². The molecule has 2 aliphatic heterocycles. The minimum absolute atomic E-state index is 0.249. The van der Waals surface area contributed by atoms with E-state index in [1.807, 2.05) is 45.4 Å². The van der Waals surface area contributed by atoms with E-state index in [9.17, 15) is 9.90 Å². The lowest BCUT2D eigenvalue weighted by Gasteiger charge is -2.29. The van der Waals surface area contributed by atoms with Crippen molar-refractivity contribution in [3.05, 3.63) is 40.3 Å². The molecule has 0 unspecified atom stereocenters. The number of ether oxygens (including phenoxy) is 3. The van der Waals surface area contributed by atoms with Gasteiger partial charge in [0, 0.05) is 54.1 Å². The van der Waals surface area contributed by atoms with Crippen LogP contribution in [0, 0.1) is 19.7 Å². The van der Waals surface area contributed by atoms with Gasteiger partial charge in [-0.3, -0.25) is 0 Å². The van der Waals surface area contributed by atoms with E-state index in [0.717, 1.165) is 36.1 Å². The number of carboxylic acid groups (broad SMARTS) is 1. The number of hydrogen-bond donors (Lipinski definition) is 2. The van der Waals surface area contributed by atoms with Crippen molar-refractivity contribution in [2.24, 2.45) is 7.05 Å². The van der Waals surface area contributed by atoms with Crippen molar-refractivity contribution in [3.8, 4) is 27.6 Å². The lowest BCUT2D eigenvalue weighted by molar-refractivity contribution is -0.160. The number of carboxylic acids is 1. The molecule has 0 radical (unpaired) electrons. The van der Waals surface area contributed by atoms with Crippen LogP contribution in [0.2, 0.25) is 0 Å². The summed E-state index contributed by atoms with van der Waals surface area (Å²) in [6, 6.07) is 3.66. The third kappa shape index (κ3) is 5.66. The van der Waals surface area contributed by atoms with Gasteiger partial charge in [-0.2, -0.15) is 9.36 Å². The summed E-state index contributed by atoms with van der Waals surface area (Å²) in [6.45, 7) is 11.0. The van der Waals surface area contributed by atoms with Crippen LogP contribution in [-0.4, -0.2) is 61.4 Å². The normalized spacial score (nSPS) is 16.5. The molecule has 0 aliphatic carbocycles. The number of hydrogen-bond acceptors (Lipinski definition) is 9. The number of rotatable bonds is 7. The molecule has 4 aromatic rings. The molecular weight excluding hydrogens is 585 g/mol. The van der Waals surface area contributed by atoms with E-state index < -0.39 is 23.5 Å². The maximum atomic E-state index is 15.7. The van der Waals surface area contributed by atoms with Gasteiger partial charge in [-0.25, -0.2) is 14.2 Å². The molecule has 3 aromatic heterocycles. The molecular formula is C32H38FN5O5S. The van der Waals surface area contributed by atoms with Crippen LogP contribution < -0.4 is 10.1 Å². The first-order chi connectivity index (χ1) is 20.9. The predicted octanol–water partition coefficient (Wildman–Crippen LogP) is 6.37. The van der Waals surface area contributed by atoms with E-state index in [1.54, 1.807) is 6.92 Å². The molecule has 5 heterocycles. The summed E-state index contributed by atoms with van der Waals surface area (Å²) in [7, 11) is 1.90. The molecule has 1 aromatic carbocycles. The van der Waals surface area contributed by atoms with Crippen LogP contribution in [0.15, 0.2) is 12.1 Å². The second-order valence-corrected chi connectivity index (χ2v) is 13.3. The summed E-state index contributed by atoms with van der Waals surface area (Å²) in [4.78, 5) is 22.5. The van der Waals surface area contributed by atoms with E-state index in [0.29, 0.717) is 70.6 Å². The van der Waals surface area contributed by atoms with Crippen LogP contribution >= 0.6 is 11.5 Å². The highest BCUT2D eigenvalue weighted by Crippen LogP contribution is 2.45. The maximum absolute atomic E-state index is 15.7. The van der Waals surface area contributed by atoms with Gasteiger partial charge in [0.25, 0.3) is 0 Å². The molecule has 1 atom stereocenters. The Labute approximate surface area is 259 Å². The Morgan fingerprint density at radius 2 is 1.95 bits per heavy atom.